The molecule has 0 bridgehead atoms. The van der Waals surface area contributed by atoms with Crippen LogP contribution in [0.2, 0.25) is 0 Å². The van der Waals surface area contributed by atoms with Crippen LogP contribution in [0.5, 0.6) is 0 Å². The molecule has 1 aliphatic carbocycles. The molecule has 114 valence electrons. The third-order valence-electron chi connectivity index (χ3n) is 4.66. The number of aromatic nitrogens is 4. The fraction of sp³-hybridized carbons (Fsp3) is 0.500. The van der Waals surface area contributed by atoms with Crippen LogP contribution >= 0.6 is 0 Å². The minimum absolute atomic E-state index is 0.0139. The average Bonchev–Trinajstić information content (AvgIpc) is 2.70. The van der Waals surface area contributed by atoms with Gasteiger partial charge in [-0.3, -0.25) is 4.79 Å². The zero-order chi connectivity index (χ0) is 15.5. The first-order chi connectivity index (χ1) is 10.5. The van der Waals surface area contributed by atoms with Gasteiger partial charge in [0.2, 0.25) is 0 Å². The Hall–Kier alpha value is -2.24. The number of aromatic amines is 1. The Bertz CT molecular complexity index is 790. The van der Waals surface area contributed by atoms with E-state index in [1.165, 1.54) is 0 Å². The third-order valence-corrected chi connectivity index (χ3v) is 4.66. The van der Waals surface area contributed by atoms with Crippen LogP contribution in [0.4, 0.5) is 0 Å². The SMILES string of the molecule is Cc1ncc2c(n1)-c1[nH][n+]3c(c1CC2(C)C)C(=O)NCCC3. The average molecular weight is 298 g/mol. The minimum atomic E-state index is -0.0842. The van der Waals surface area contributed by atoms with Gasteiger partial charge in [-0.1, -0.05) is 13.8 Å². The lowest BCUT2D eigenvalue weighted by molar-refractivity contribution is -0.750. The summed E-state index contributed by atoms with van der Waals surface area (Å²) in [6.45, 7) is 7.82. The van der Waals surface area contributed by atoms with Gasteiger partial charge in [0.05, 0.1) is 11.3 Å². The first-order valence-electron chi connectivity index (χ1n) is 7.75. The first-order valence-corrected chi connectivity index (χ1v) is 7.75. The van der Waals surface area contributed by atoms with Gasteiger partial charge in [0.25, 0.3) is 5.69 Å². The van der Waals surface area contributed by atoms with Crippen molar-refractivity contribution in [3.05, 3.63) is 28.8 Å². The molecule has 1 aliphatic heterocycles. The molecule has 2 N–H and O–H groups in total. The highest BCUT2D eigenvalue weighted by molar-refractivity contribution is 5.94. The molecule has 0 fully saturated rings. The lowest BCUT2D eigenvalue weighted by Gasteiger charge is -2.30. The predicted molar refractivity (Wildman–Crippen MR) is 80.4 cm³/mol. The Labute approximate surface area is 129 Å². The van der Waals surface area contributed by atoms with E-state index >= 15 is 0 Å². The van der Waals surface area contributed by atoms with E-state index in [0.29, 0.717) is 0 Å². The van der Waals surface area contributed by atoms with Crippen molar-refractivity contribution in [2.24, 2.45) is 0 Å². The van der Waals surface area contributed by atoms with E-state index in [2.05, 4.69) is 34.2 Å². The normalized spacial score (nSPS) is 18.8. The fourth-order valence-electron chi connectivity index (χ4n) is 3.55. The number of hydrogen-bond acceptors (Lipinski definition) is 3. The summed E-state index contributed by atoms with van der Waals surface area (Å²) in [6, 6.07) is 0. The van der Waals surface area contributed by atoms with E-state index < -0.39 is 0 Å². The molecule has 22 heavy (non-hydrogen) atoms. The predicted octanol–water partition coefficient (Wildman–Crippen LogP) is 1.03. The number of hydrogen-bond donors (Lipinski definition) is 2. The van der Waals surface area contributed by atoms with Gasteiger partial charge in [-0.05, 0) is 18.8 Å². The smallest absolute Gasteiger partial charge is 0.318 e. The highest BCUT2D eigenvalue weighted by Gasteiger charge is 2.42. The van der Waals surface area contributed by atoms with Gasteiger partial charge in [-0.2, -0.15) is 5.10 Å². The summed E-state index contributed by atoms with van der Waals surface area (Å²) >= 11 is 0. The van der Waals surface area contributed by atoms with Crippen LogP contribution < -0.4 is 10.00 Å². The quantitative estimate of drug-likeness (QED) is 0.714. The Morgan fingerprint density at radius 2 is 2.18 bits per heavy atom. The van der Waals surface area contributed by atoms with Crippen LogP contribution in [-0.2, 0) is 18.4 Å². The molecule has 0 atom stereocenters. The van der Waals surface area contributed by atoms with Gasteiger partial charge in [-0.15, -0.1) is 4.68 Å². The second-order valence-electron chi connectivity index (χ2n) is 6.82. The molecule has 0 spiro atoms. The molecule has 0 aromatic carbocycles. The van der Waals surface area contributed by atoms with Crippen molar-refractivity contribution in [1.82, 2.24) is 20.4 Å². The van der Waals surface area contributed by atoms with E-state index in [0.717, 1.165) is 60.0 Å². The van der Waals surface area contributed by atoms with Crippen LogP contribution in [0.15, 0.2) is 6.20 Å². The molecule has 2 aromatic heterocycles. The van der Waals surface area contributed by atoms with E-state index in [1.54, 1.807) is 0 Å². The van der Waals surface area contributed by atoms with Crippen molar-refractivity contribution < 1.29 is 9.48 Å². The molecule has 1 amide bonds. The zero-order valence-corrected chi connectivity index (χ0v) is 13.2. The van der Waals surface area contributed by atoms with Gasteiger partial charge in [-0.25, -0.2) is 9.97 Å². The number of carbonyl (C=O) groups is 1. The summed E-state index contributed by atoms with van der Waals surface area (Å²) < 4.78 is 1.98. The number of fused-ring (bicyclic) bond motifs is 5. The highest BCUT2D eigenvalue weighted by atomic mass is 16.2. The Morgan fingerprint density at radius 1 is 1.36 bits per heavy atom. The Balaban J connectivity index is 2.01. The number of nitrogens with zero attached hydrogens (tertiary/aromatic N) is 3. The molecule has 0 unspecified atom stereocenters. The maximum Gasteiger partial charge on any atom is 0.318 e. The van der Waals surface area contributed by atoms with Crippen LogP contribution in [0.3, 0.4) is 0 Å². The van der Waals surface area contributed by atoms with Crippen molar-refractivity contribution in [3.8, 4) is 11.4 Å². The Kier molecular flexibility index (Phi) is 2.67. The van der Waals surface area contributed by atoms with Crippen molar-refractivity contribution in [3.63, 3.8) is 0 Å². The summed E-state index contributed by atoms with van der Waals surface area (Å²) in [5.41, 5.74) is 4.82. The standard InChI is InChI=1S/C16H19N5O/c1-9-18-8-11-13(19-9)12-10(7-16(11,2)3)14-15(22)17-5-4-6-21(14)20-12/h8H,4-7H2,1-3H3,(H,17,22)/p+1. The van der Waals surface area contributed by atoms with E-state index in [-0.39, 0.29) is 11.3 Å². The van der Waals surface area contributed by atoms with Crippen LogP contribution in [0, 0.1) is 6.92 Å². The third kappa shape index (κ3) is 1.79. The summed E-state index contributed by atoms with van der Waals surface area (Å²) in [6.07, 6.45) is 3.67. The van der Waals surface area contributed by atoms with Crippen LogP contribution in [0.1, 0.15) is 47.7 Å². The second kappa shape index (κ2) is 4.38. The molecule has 0 saturated heterocycles. The summed E-state index contributed by atoms with van der Waals surface area (Å²) in [7, 11) is 0. The molecule has 6 nitrogen and oxygen atoms in total. The number of H-pyrrole nitrogens is 1. The largest absolute Gasteiger partial charge is 0.347 e. The second-order valence-corrected chi connectivity index (χ2v) is 6.82. The summed E-state index contributed by atoms with van der Waals surface area (Å²) in [5.74, 6) is 0.765. The molecule has 3 heterocycles. The number of aryl methyl sites for hydroxylation is 2. The maximum atomic E-state index is 12.4. The molecule has 2 aliphatic rings. The molecular weight excluding hydrogens is 278 g/mol. The molecular formula is C16H20N5O+. The molecule has 0 radical (unpaired) electrons. The fourth-order valence-corrected chi connectivity index (χ4v) is 3.55. The van der Waals surface area contributed by atoms with Crippen molar-refractivity contribution in [1.29, 1.82) is 0 Å². The summed E-state index contributed by atoms with van der Waals surface area (Å²) in [5, 5.41) is 6.40. The number of amides is 1. The monoisotopic (exact) mass is 298 g/mol. The number of carbonyl (C=O) groups excluding carboxylic acids is 1. The van der Waals surface area contributed by atoms with Crippen molar-refractivity contribution in [2.75, 3.05) is 6.54 Å². The number of rotatable bonds is 0. The van der Waals surface area contributed by atoms with Gasteiger partial charge >= 0.3 is 5.91 Å². The van der Waals surface area contributed by atoms with E-state index in [1.807, 2.05) is 17.8 Å². The van der Waals surface area contributed by atoms with Crippen molar-refractivity contribution >= 4 is 5.91 Å². The molecule has 4 rings (SSSR count). The van der Waals surface area contributed by atoms with Gasteiger partial charge < -0.3 is 5.32 Å². The molecule has 2 aromatic rings. The summed E-state index contributed by atoms with van der Waals surface area (Å²) in [4.78, 5) is 21.5. The highest BCUT2D eigenvalue weighted by Crippen LogP contribution is 2.41. The topological polar surface area (TPSA) is 74.5 Å². The van der Waals surface area contributed by atoms with Crippen molar-refractivity contribution in [2.45, 2.75) is 45.6 Å². The van der Waals surface area contributed by atoms with Gasteiger partial charge in [0, 0.05) is 24.7 Å². The van der Waals surface area contributed by atoms with E-state index in [4.69, 9.17) is 0 Å². The number of nitrogens with one attached hydrogen (secondary N) is 2. The molecule has 6 heteroatoms. The first kappa shape index (κ1) is 13.4. The van der Waals surface area contributed by atoms with Gasteiger partial charge in [0.1, 0.15) is 11.5 Å². The van der Waals surface area contributed by atoms with E-state index in [9.17, 15) is 4.79 Å². The lowest BCUT2D eigenvalue weighted by Crippen LogP contribution is -2.41. The van der Waals surface area contributed by atoms with Crippen LogP contribution in [0.25, 0.3) is 11.4 Å². The zero-order valence-electron chi connectivity index (χ0n) is 13.2. The van der Waals surface area contributed by atoms with Gasteiger partial charge in [0.15, 0.2) is 6.54 Å². The minimum Gasteiger partial charge on any atom is -0.347 e. The lowest BCUT2D eigenvalue weighted by atomic mass is 9.73. The Morgan fingerprint density at radius 3 is 3.00 bits per heavy atom. The molecule has 0 saturated carbocycles. The maximum absolute atomic E-state index is 12.4. The van der Waals surface area contributed by atoms with Crippen LogP contribution in [-0.4, -0.2) is 27.5 Å².